The molecule has 1 aliphatic heterocycles. The summed E-state index contributed by atoms with van der Waals surface area (Å²) in [6.45, 7) is 8.60. The van der Waals surface area contributed by atoms with E-state index in [0.717, 1.165) is 45.7 Å². The summed E-state index contributed by atoms with van der Waals surface area (Å²) in [5, 5.41) is 5.03. The number of piperazine rings is 1. The van der Waals surface area contributed by atoms with Crippen LogP contribution >= 0.6 is 0 Å². The zero-order valence-electron chi connectivity index (χ0n) is 20.9. The number of nitrogens with one attached hydrogen (secondary N) is 2. The highest BCUT2D eigenvalue weighted by molar-refractivity contribution is 7.92. The van der Waals surface area contributed by atoms with Crippen LogP contribution in [0.2, 0.25) is 0 Å². The summed E-state index contributed by atoms with van der Waals surface area (Å²) in [5.41, 5.74) is 0. The maximum atomic E-state index is 12.2. The molecule has 0 bridgehead atoms. The second kappa shape index (κ2) is 15.7. The maximum Gasteiger partial charge on any atom is 0.235 e. The molecule has 0 aromatic rings. The summed E-state index contributed by atoms with van der Waals surface area (Å²) in [7, 11) is -2.89. The van der Waals surface area contributed by atoms with Gasteiger partial charge in [0.25, 0.3) is 0 Å². The van der Waals surface area contributed by atoms with Gasteiger partial charge in [0.15, 0.2) is 19.7 Å². The molecule has 200 valence electrons. The SMILES string of the molecule is CCCS(=O)(=O)CC(=O)NCCCNC(=O)CS(=O)(=O)CCN(C)CCCN1CCN(C)CC1. The van der Waals surface area contributed by atoms with Crippen LogP contribution in [0.15, 0.2) is 0 Å². The molecular weight excluding hydrogens is 482 g/mol. The third kappa shape index (κ3) is 14.9. The fourth-order valence-corrected chi connectivity index (χ4v) is 6.05. The number of likely N-dealkylation sites (N-methyl/N-ethyl adjacent to an activating group) is 1. The molecule has 0 aromatic heterocycles. The molecule has 0 unspecified atom stereocenters. The van der Waals surface area contributed by atoms with E-state index in [2.05, 4.69) is 27.5 Å². The Bertz CT molecular complexity index is 827. The van der Waals surface area contributed by atoms with Crippen molar-refractivity contribution in [1.82, 2.24) is 25.3 Å². The molecule has 2 amide bonds. The van der Waals surface area contributed by atoms with Gasteiger partial charge < -0.3 is 25.3 Å². The van der Waals surface area contributed by atoms with Crippen LogP contribution in [0.3, 0.4) is 0 Å². The molecule has 1 saturated heterocycles. The number of nitrogens with zero attached hydrogens (tertiary/aromatic N) is 3. The fraction of sp³-hybridized carbons (Fsp3) is 0.905. The molecule has 2 N–H and O–H groups in total. The van der Waals surface area contributed by atoms with Crippen LogP contribution in [0.4, 0.5) is 0 Å². The van der Waals surface area contributed by atoms with E-state index in [1.165, 1.54) is 0 Å². The molecule has 0 radical (unpaired) electrons. The van der Waals surface area contributed by atoms with Crippen molar-refractivity contribution in [2.75, 3.05) is 96.0 Å². The van der Waals surface area contributed by atoms with Crippen LogP contribution in [0, 0.1) is 0 Å². The molecule has 34 heavy (non-hydrogen) atoms. The first kappa shape index (κ1) is 30.8. The largest absolute Gasteiger partial charge is 0.355 e. The van der Waals surface area contributed by atoms with E-state index in [9.17, 15) is 26.4 Å². The predicted octanol–water partition coefficient (Wildman–Crippen LogP) is -1.58. The Morgan fingerprint density at radius 1 is 0.824 bits per heavy atom. The van der Waals surface area contributed by atoms with Gasteiger partial charge in [0, 0.05) is 45.8 Å². The first-order chi connectivity index (χ1) is 15.9. The summed E-state index contributed by atoms with van der Waals surface area (Å²) in [4.78, 5) is 30.3. The second-order valence-corrected chi connectivity index (χ2v) is 13.4. The Balaban J connectivity index is 2.13. The minimum Gasteiger partial charge on any atom is -0.355 e. The third-order valence-electron chi connectivity index (χ3n) is 5.61. The van der Waals surface area contributed by atoms with Gasteiger partial charge in [-0.05, 0) is 46.4 Å². The van der Waals surface area contributed by atoms with Crippen molar-refractivity contribution in [1.29, 1.82) is 0 Å². The summed E-state index contributed by atoms with van der Waals surface area (Å²) in [5.74, 6) is -2.37. The number of rotatable bonds is 17. The minimum absolute atomic E-state index is 0.0304. The van der Waals surface area contributed by atoms with E-state index >= 15 is 0 Å². The Morgan fingerprint density at radius 2 is 1.35 bits per heavy atom. The van der Waals surface area contributed by atoms with Gasteiger partial charge in [0.05, 0.1) is 11.5 Å². The van der Waals surface area contributed by atoms with Gasteiger partial charge in [-0.2, -0.15) is 0 Å². The molecule has 1 fully saturated rings. The van der Waals surface area contributed by atoms with Crippen molar-refractivity contribution >= 4 is 31.5 Å². The smallest absolute Gasteiger partial charge is 0.235 e. The number of hydrogen-bond donors (Lipinski definition) is 2. The summed E-state index contributed by atoms with van der Waals surface area (Å²) < 4.78 is 47.7. The lowest BCUT2D eigenvalue weighted by Gasteiger charge is -2.32. The average molecular weight is 526 g/mol. The summed E-state index contributed by atoms with van der Waals surface area (Å²) >= 11 is 0. The quantitative estimate of drug-likeness (QED) is 0.216. The molecule has 0 saturated carbocycles. The van der Waals surface area contributed by atoms with Crippen molar-refractivity contribution in [3.63, 3.8) is 0 Å². The lowest BCUT2D eigenvalue weighted by Crippen LogP contribution is -2.45. The predicted molar refractivity (Wildman–Crippen MR) is 134 cm³/mol. The van der Waals surface area contributed by atoms with Crippen LogP contribution < -0.4 is 10.6 Å². The van der Waals surface area contributed by atoms with Gasteiger partial charge in [-0.25, -0.2) is 16.8 Å². The van der Waals surface area contributed by atoms with Gasteiger partial charge in [-0.15, -0.1) is 0 Å². The van der Waals surface area contributed by atoms with Gasteiger partial charge in [-0.3, -0.25) is 9.59 Å². The molecule has 11 nitrogen and oxygen atoms in total. The van der Waals surface area contributed by atoms with Crippen LogP contribution in [-0.4, -0.2) is 139 Å². The molecule has 13 heteroatoms. The van der Waals surface area contributed by atoms with Crippen LogP contribution in [-0.2, 0) is 29.3 Å². The van der Waals surface area contributed by atoms with E-state index in [-0.39, 0.29) is 24.6 Å². The topological polar surface area (TPSA) is 136 Å². The van der Waals surface area contributed by atoms with Gasteiger partial charge in [-0.1, -0.05) is 6.92 Å². The van der Waals surface area contributed by atoms with E-state index in [0.29, 0.717) is 19.4 Å². The van der Waals surface area contributed by atoms with E-state index in [1.807, 2.05) is 11.9 Å². The summed E-state index contributed by atoms with van der Waals surface area (Å²) in [6.07, 6.45) is 1.81. The zero-order chi connectivity index (χ0) is 25.6. The number of hydrogen-bond acceptors (Lipinski definition) is 9. The average Bonchev–Trinajstić information content (AvgIpc) is 2.72. The van der Waals surface area contributed by atoms with E-state index in [4.69, 9.17) is 0 Å². The molecule has 0 spiro atoms. The number of carbonyl (C=O) groups is 2. The van der Waals surface area contributed by atoms with Crippen molar-refractivity contribution < 1.29 is 26.4 Å². The van der Waals surface area contributed by atoms with E-state index in [1.54, 1.807) is 6.92 Å². The van der Waals surface area contributed by atoms with Gasteiger partial charge in [0.1, 0.15) is 11.5 Å². The van der Waals surface area contributed by atoms with Crippen LogP contribution in [0.25, 0.3) is 0 Å². The van der Waals surface area contributed by atoms with E-state index < -0.39 is 43.0 Å². The minimum atomic E-state index is -3.52. The molecule has 1 heterocycles. The lowest BCUT2D eigenvalue weighted by atomic mass is 10.3. The zero-order valence-corrected chi connectivity index (χ0v) is 22.6. The molecule has 0 aliphatic carbocycles. The lowest BCUT2D eigenvalue weighted by molar-refractivity contribution is -0.119. The fourth-order valence-electron chi connectivity index (χ4n) is 3.54. The first-order valence-electron chi connectivity index (χ1n) is 12.0. The second-order valence-electron chi connectivity index (χ2n) is 9.04. The first-order valence-corrected chi connectivity index (χ1v) is 15.6. The Labute approximate surface area is 205 Å². The maximum absolute atomic E-state index is 12.2. The Morgan fingerprint density at radius 3 is 1.88 bits per heavy atom. The van der Waals surface area contributed by atoms with Gasteiger partial charge in [0.2, 0.25) is 11.8 Å². The highest BCUT2D eigenvalue weighted by atomic mass is 32.2. The Kier molecular flexibility index (Phi) is 14.2. The molecular formula is C21H43N5O6S2. The van der Waals surface area contributed by atoms with Crippen molar-refractivity contribution in [2.24, 2.45) is 0 Å². The highest BCUT2D eigenvalue weighted by Gasteiger charge is 2.18. The van der Waals surface area contributed by atoms with Crippen molar-refractivity contribution in [3.8, 4) is 0 Å². The third-order valence-corrected chi connectivity index (χ3v) is 8.85. The summed E-state index contributed by atoms with van der Waals surface area (Å²) in [6, 6.07) is 0. The molecule has 0 aromatic carbocycles. The van der Waals surface area contributed by atoms with Crippen LogP contribution in [0.5, 0.6) is 0 Å². The number of sulfone groups is 2. The monoisotopic (exact) mass is 525 g/mol. The molecule has 1 rings (SSSR count). The number of carbonyl (C=O) groups excluding carboxylic acids is 2. The highest BCUT2D eigenvalue weighted by Crippen LogP contribution is 2.01. The van der Waals surface area contributed by atoms with Crippen molar-refractivity contribution in [3.05, 3.63) is 0 Å². The van der Waals surface area contributed by atoms with Crippen LogP contribution in [0.1, 0.15) is 26.2 Å². The molecule has 1 aliphatic rings. The Hall–Kier alpha value is -1.28. The number of amides is 2. The normalized spacial score (nSPS) is 16.0. The molecule has 0 atom stereocenters. The van der Waals surface area contributed by atoms with Crippen molar-refractivity contribution in [2.45, 2.75) is 26.2 Å². The van der Waals surface area contributed by atoms with Gasteiger partial charge >= 0.3 is 0 Å². The standard InChI is InChI=1S/C21H43N5O6S2/c1-4-16-33(29,30)18-20(27)22-7-5-8-23-21(28)19-34(31,32)17-15-24(2)9-6-10-26-13-11-25(3)12-14-26/h4-19H2,1-3H3,(H,22,27)(H,23,28).